The zero-order chi connectivity index (χ0) is 15.1. The molecule has 0 unspecified atom stereocenters. The van der Waals surface area contributed by atoms with Crippen LogP contribution in [0.3, 0.4) is 0 Å². The summed E-state index contributed by atoms with van der Waals surface area (Å²) in [5.41, 5.74) is 0.431. The Morgan fingerprint density at radius 2 is 1.86 bits per heavy atom. The molecule has 0 aromatic heterocycles. The van der Waals surface area contributed by atoms with Crippen LogP contribution in [0.4, 0.5) is 0 Å². The van der Waals surface area contributed by atoms with Crippen molar-refractivity contribution in [3.05, 3.63) is 54.1 Å². The maximum Gasteiger partial charge on any atom is 0.187 e. The third-order valence-electron chi connectivity index (χ3n) is 2.79. The molecule has 0 radical (unpaired) electrons. The molecule has 0 aliphatic carbocycles. The summed E-state index contributed by atoms with van der Waals surface area (Å²) in [6.07, 6.45) is -0.137. The van der Waals surface area contributed by atoms with Crippen molar-refractivity contribution in [2.45, 2.75) is 13.0 Å². The summed E-state index contributed by atoms with van der Waals surface area (Å²) in [4.78, 5) is 0. The molecule has 2 rings (SSSR count). The fraction of sp³-hybridized carbons (Fsp3) is 0.235. The lowest BCUT2D eigenvalue weighted by atomic mass is 10.2. The first kappa shape index (κ1) is 14.9. The zero-order valence-corrected chi connectivity index (χ0v) is 12.1. The van der Waals surface area contributed by atoms with Crippen molar-refractivity contribution < 1.29 is 14.2 Å². The molecule has 2 aromatic carbocycles. The summed E-state index contributed by atoms with van der Waals surface area (Å²) in [5.74, 6) is 1.61. The van der Waals surface area contributed by atoms with Gasteiger partial charge in [0.1, 0.15) is 17.9 Å². The van der Waals surface area contributed by atoms with Crippen LogP contribution >= 0.6 is 0 Å². The summed E-state index contributed by atoms with van der Waals surface area (Å²) in [5, 5.41) is 9.25. The van der Waals surface area contributed by atoms with Gasteiger partial charge in [-0.3, -0.25) is 0 Å². The Morgan fingerprint density at radius 1 is 1.10 bits per heavy atom. The molecule has 0 saturated carbocycles. The molecule has 0 saturated heterocycles. The maximum absolute atomic E-state index is 9.25. The largest absolute Gasteiger partial charge is 0.484 e. The Kier molecular flexibility index (Phi) is 5.19. The van der Waals surface area contributed by atoms with Crippen molar-refractivity contribution in [1.82, 2.24) is 0 Å². The lowest BCUT2D eigenvalue weighted by Crippen LogP contribution is -2.18. The normalized spacial score (nSPS) is 11.5. The van der Waals surface area contributed by atoms with Crippen molar-refractivity contribution in [2.75, 3.05) is 13.7 Å². The minimum Gasteiger partial charge on any atom is -0.484 e. The second-order valence-corrected chi connectivity index (χ2v) is 4.54. The van der Waals surface area contributed by atoms with Gasteiger partial charge in [-0.2, -0.15) is 5.26 Å². The van der Waals surface area contributed by atoms with Gasteiger partial charge >= 0.3 is 0 Å². The number of benzene rings is 2. The van der Waals surface area contributed by atoms with E-state index in [4.69, 9.17) is 14.2 Å². The second kappa shape index (κ2) is 7.32. The molecule has 0 spiro atoms. The van der Waals surface area contributed by atoms with Crippen LogP contribution < -0.4 is 9.47 Å². The van der Waals surface area contributed by atoms with Gasteiger partial charge < -0.3 is 14.2 Å². The van der Waals surface area contributed by atoms with Gasteiger partial charge in [-0.05, 0) is 31.2 Å². The first-order chi connectivity index (χ1) is 10.2. The van der Waals surface area contributed by atoms with E-state index in [1.165, 1.54) is 0 Å². The predicted molar refractivity (Wildman–Crippen MR) is 79.6 cm³/mol. The van der Waals surface area contributed by atoms with E-state index in [1.54, 1.807) is 25.3 Å². The van der Waals surface area contributed by atoms with Gasteiger partial charge in [0.05, 0.1) is 12.2 Å². The molecule has 0 heterocycles. The highest BCUT2D eigenvalue weighted by Crippen LogP contribution is 2.35. The molecule has 1 atom stereocenters. The lowest BCUT2D eigenvalue weighted by Gasteiger charge is -2.17. The van der Waals surface area contributed by atoms with Gasteiger partial charge in [0.15, 0.2) is 11.5 Å². The van der Waals surface area contributed by atoms with Crippen molar-refractivity contribution in [2.24, 2.45) is 0 Å². The number of nitriles is 1. The molecule has 0 bridgehead atoms. The smallest absolute Gasteiger partial charge is 0.187 e. The molecule has 0 aliphatic heterocycles. The fourth-order valence-electron chi connectivity index (χ4n) is 1.89. The number of hydrogen-bond acceptors (Lipinski definition) is 4. The molecule has 2 aromatic rings. The van der Waals surface area contributed by atoms with E-state index in [-0.39, 0.29) is 6.10 Å². The number of nitrogens with zero attached hydrogens (tertiary/aromatic N) is 1. The average molecular weight is 283 g/mol. The molecule has 21 heavy (non-hydrogen) atoms. The van der Waals surface area contributed by atoms with Crippen LogP contribution in [0, 0.1) is 11.3 Å². The standard InChI is InChI=1S/C17H17NO3/c1-13(12-19-2)20-16-10-6-7-14(11-18)17(16)21-15-8-4-3-5-9-15/h3-10,13H,12H2,1-2H3/t13-/m0/s1. The highest BCUT2D eigenvalue weighted by Gasteiger charge is 2.14. The van der Waals surface area contributed by atoms with E-state index >= 15 is 0 Å². The van der Waals surface area contributed by atoms with Crippen molar-refractivity contribution in [1.29, 1.82) is 5.26 Å². The number of rotatable bonds is 6. The summed E-state index contributed by atoms with van der Waals surface area (Å²) >= 11 is 0. The molecule has 0 aliphatic rings. The van der Waals surface area contributed by atoms with E-state index in [0.717, 1.165) is 0 Å². The summed E-state index contributed by atoms with van der Waals surface area (Å²) in [6, 6.07) is 16.7. The highest BCUT2D eigenvalue weighted by atomic mass is 16.5. The maximum atomic E-state index is 9.25. The van der Waals surface area contributed by atoms with Crippen LogP contribution in [0.15, 0.2) is 48.5 Å². The van der Waals surface area contributed by atoms with Crippen LogP contribution in [-0.2, 0) is 4.74 Å². The molecule has 108 valence electrons. The van der Waals surface area contributed by atoms with Gasteiger partial charge in [-0.1, -0.05) is 24.3 Å². The topological polar surface area (TPSA) is 51.5 Å². The van der Waals surface area contributed by atoms with Crippen LogP contribution in [0.1, 0.15) is 12.5 Å². The van der Waals surface area contributed by atoms with Crippen LogP contribution in [0.5, 0.6) is 17.2 Å². The summed E-state index contributed by atoms with van der Waals surface area (Å²) in [6.45, 7) is 2.36. The zero-order valence-electron chi connectivity index (χ0n) is 12.1. The monoisotopic (exact) mass is 283 g/mol. The van der Waals surface area contributed by atoms with E-state index in [0.29, 0.717) is 29.4 Å². The van der Waals surface area contributed by atoms with Crippen LogP contribution in [0.25, 0.3) is 0 Å². The number of methoxy groups -OCH3 is 1. The minimum absolute atomic E-state index is 0.137. The van der Waals surface area contributed by atoms with Gasteiger partial charge in [0.25, 0.3) is 0 Å². The lowest BCUT2D eigenvalue weighted by molar-refractivity contribution is 0.0904. The third-order valence-corrected chi connectivity index (χ3v) is 2.79. The Balaban J connectivity index is 2.30. The van der Waals surface area contributed by atoms with Crippen LogP contribution in [-0.4, -0.2) is 19.8 Å². The molecule has 0 amide bonds. The van der Waals surface area contributed by atoms with E-state index < -0.39 is 0 Å². The summed E-state index contributed by atoms with van der Waals surface area (Å²) in [7, 11) is 1.62. The first-order valence-corrected chi connectivity index (χ1v) is 6.66. The molecular formula is C17H17NO3. The van der Waals surface area contributed by atoms with E-state index in [1.807, 2.05) is 37.3 Å². The number of para-hydroxylation sites is 2. The average Bonchev–Trinajstić information content (AvgIpc) is 2.50. The van der Waals surface area contributed by atoms with Crippen molar-refractivity contribution >= 4 is 0 Å². The Hall–Kier alpha value is -2.51. The van der Waals surface area contributed by atoms with E-state index in [2.05, 4.69) is 6.07 Å². The third kappa shape index (κ3) is 3.98. The number of ether oxygens (including phenoxy) is 3. The van der Waals surface area contributed by atoms with Gasteiger partial charge in [-0.15, -0.1) is 0 Å². The number of hydrogen-bond donors (Lipinski definition) is 0. The molecule has 4 nitrogen and oxygen atoms in total. The van der Waals surface area contributed by atoms with Gasteiger partial charge in [0, 0.05) is 7.11 Å². The van der Waals surface area contributed by atoms with Gasteiger partial charge in [0.2, 0.25) is 0 Å². The minimum atomic E-state index is -0.137. The first-order valence-electron chi connectivity index (χ1n) is 6.66. The van der Waals surface area contributed by atoms with Crippen molar-refractivity contribution in [3.63, 3.8) is 0 Å². The highest BCUT2D eigenvalue weighted by molar-refractivity contribution is 5.54. The molecule has 4 heteroatoms. The molecular weight excluding hydrogens is 266 g/mol. The quantitative estimate of drug-likeness (QED) is 0.810. The van der Waals surface area contributed by atoms with Crippen molar-refractivity contribution in [3.8, 4) is 23.3 Å². The second-order valence-electron chi connectivity index (χ2n) is 4.54. The molecule has 0 N–H and O–H groups in total. The summed E-state index contributed by atoms with van der Waals surface area (Å²) < 4.78 is 16.7. The SMILES string of the molecule is COC[C@H](C)Oc1cccc(C#N)c1Oc1ccccc1. The Bertz CT molecular complexity index is 620. The van der Waals surface area contributed by atoms with Crippen LogP contribution in [0.2, 0.25) is 0 Å². The van der Waals surface area contributed by atoms with Gasteiger partial charge in [-0.25, -0.2) is 0 Å². The Labute approximate surface area is 124 Å². The predicted octanol–water partition coefficient (Wildman–Crippen LogP) is 3.76. The van der Waals surface area contributed by atoms with E-state index in [9.17, 15) is 5.26 Å². The fourth-order valence-corrected chi connectivity index (χ4v) is 1.89. The molecule has 0 fully saturated rings. The Morgan fingerprint density at radius 3 is 2.52 bits per heavy atom.